The highest BCUT2D eigenvalue weighted by Crippen LogP contribution is 2.33. The summed E-state index contributed by atoms with van der Waals surface area (Å²) in [5, 5.41) is 4.47. The molecule has 2 aromatic rings. The monoisotopic (exact) mass is 327 g/mol. The molecule has 1 N–H and O–H groups in total. The fraction of sp³-hybridized carbons (Fsp3) is 0.400. The van der Waals surface area contributed by atoms with Crippen LogP contribution >= 0.6 is 23.2 Å². The molecule has 0 spiro atoms. The number of nitrogens with one attached hydrogen (secondary N) is 1. The van der Waals surface area contributed by atoms with Crippen LogP contribution in [0.15, 0.2) is 24.7 Å². The van der Waals surface area contributed by atoms with Crippen LogP contribution in [0.4, 0.5) is 0 Å². The number of hydrogen-bond acceptors (Lipinski definition) is 3. The van der Waals surface area contributed by atoms with Crippen molar-refractivity contribution < 1.29 is 4.74 Å². The Hall–Kier alpha value is -1.23. The van der Waals surface area contributed by atoms with E-state index < -0.39 is 0 Å². The number of aryl methyl sites for hydroxylation is 1. The number of nitrogens with zero attached hydrogens (tertiary/aromatic N) is 2. The van der Waals surface area contributed by atoms with Crippen molar-refractivity contribution in [2.75, 3.05) is 6.54 Å². The fourth-order valence-corrected chi connectivity index (χ4v) is 2.57. The summed E-state index contributed by atoms with van der Waals surface area (Å²) in [4.78, 5) is 4.07. The molecule has 1 aromatic carbocycles. The molecule has 6 heteroatoms. The molecule has 0 atom stereocenters. The summed E-state index contributed by atoms with van der Waals surface area (Å²) in [5.41, 5.74) is 1.94. The zero-order valence-electron chi connectivity index (χ0n) is 12.2. The van der Waals surface area contributed by atoms with Gasteiger partial charge in [0, 0.05) is 24.2 Å². The maximum absolute atomic E-state index is 6.27. The molecule has 0 fully saturated rings. The molecule has 1 aromatic heterocycles. The Labute approximate surface area is 135 Å². The number of halogens is 2. The van der Waals surface area contributed by atoms with Crippen molar-refractivity contribution in [3.63, 3.8) is 0 Å². The van der Waals surface area contributed by atoms with Crippen LogP contribution in [0.2, 0.25) is 10.0 Å². The summed E-state index contributed by atoms with van der Waals surface area (Å²) in [7, 11) is 1.93. The number of aromatic nitrogens is 2. The van der Waals surface area contributed by atoms with E-state index in [1.165, 1.54) is 0 Å². The molecule has 4 nitrogen and oxygen atoms in total. The van der Waals surface area contributed by atoms with Crippen molar-refractivity contribution in [1.82, 2.24) is 14.9 Å². The van der Waals surface area contributed by atoms with Crippen LogP contribution in [0.5, 0.6) is 5.75 Å². The summed E-state index contributed by atoms with van der Waals surface area (Å²) >= 11 is 12.3. The maximum atomic E-state index is 6.27. The molecule has 0 aliphatic heterocycles. The highest BCUT2D eigenvalue weighted by molar-refractivity contribution is 6.35. The predicted octanol–water partition coefficient (Wildman–Crippen LogP) is 3.81. The van der Waals surface area contributed by atoms with Crippen molar-refractivity contribution in [2.24, 2.45) is 7.05 Å². The van der Waals surface area contributed by atoms with Gasteiger partial charge in [-0.25, -0.2) is 4.98 Å². The molecule has 0 aliphatic carbocycles. The van der Waals surface area contributed by atoms with Crippen molar-refractivity contribution in [1.29, 1.82) is 0 Å². The lowest BCUT2D eigenvalue weighted by Gasteiger charge is -2.14. The van der Waals surface area contributed by atoms with Crippen LogP contribution in [-0.4, -0.2) is 16.1 Å². The molecule has 0 bridgehead atoms. The topological polar surface area (TPSA) is 39.1 Å². The van der Waals surface area contributed by atoms with Crippen molar-refractivity contribution >= 4 is 23.2 Å². The zero-order valence-corrected chi connectivity index (χ0v) is 13.7. The van der Waals surface area contributed by atoms with Gasteiger partial charge in [-0.2, -0.15) is 0 Å². The van der Waals surface area contributed by atoms with E-state index in [-0.39, 0.29) is 0 Å². The average molecular weight is 328 g/mol. The summed E-state index contributed by atoms with van der Waals surface area (Å²) in [6, 6.07) is 3.58. The van der Waals surface area contributed by atoms with E-state index in [1.807, 2.05) is 17.7 Å². The highest BCUT2D eigenvalue weighted by atomic mass is 35.5. The Kier molecular flexibility index (Phi) is 5.91. The van der Waals surface area contributed by atoms with Gasteiger partial charge in [0.2, 0.25) is 0 Å². The Morgan fingerprint density at radius 1 is 1.33 bits per heavy atom. The minimum Gasteiger partial charge on any atom is -0.485 e. The van der Waals surface area contributed by atoms with E-state index in [9.17, 15) is 0 Å². The minimum absolute atomic E-state index is 0.415. The summed E-state index contributed by atoms with van der Waals surface area (Å²) in [5.74, 6) is 0.672. The lowest BCUT2D eigenvalue weighted by molar-refractivity contribution is 0.293. The third-order valence-corrected chi connectivity index (χ3v) is 3.61. The van der Waals surface area contributed by atoms with E-state index in [2.05, 4.69) is 17.2 Å². The van der Waals surface area contributed by atoms with Crippen LogP contribution < -0.4 is 10.1 Å². The van der Waals surface area contributed by atoms with Crippen molar-refractivity contribution in [2.45, 2.75) is 26.5 Å². The number of benzene rings is 1. The lowest BCUT2D eigenvalue weighted by Crippen LogP contribution is -2.15. The SMILES string of the molecule is CCCNCc1cc(Cl)cc(Cl)c1OCc1cncn1C. The fourth-order valence-electron chi connectivity index (χ4n) is 1.98. The first kappa shape index (κ1) is 16.1. The molecule has 0 unspecified atom stereocenters. The Morgan fingerprint density at radius 3 is 2.81 bits per heavy atom. The van der Waals surface area contributed by atoms with Gasteiger partial charge in [-0.3, -0.25) is 0 Å². The molecule has 0 aliphatic rings. The summed E-state index contributed by atoms with van der Waals surface area (Å²) < 4.78 is 7.80. The number of rotatable bonds is 7. The van der Waals surface area contributed by atoms with E-state index in [0.29, 0.717) is 28.9 Å². The van der Waals surface area contributed by atoms with Gasteiger partial charge in [0.25, 0.3) is 0 Å². The van der Waals surface area contributed by atoms with Gasteiger partial charge in [-0.05, 0) is 25.1 Å². The predicted molar refractivity (Wildman–Crippen MR) is 86.0 cm³/mol. The van der Waals surface area contributed by atoms with Crippen molar-refractivity contribution in [3.05, 3.63) is 46.0 Å². The van der Waals surface area contributed by atoms with Crippen LogP contribution in [0.3, 0.4) is 0 Å². The van der Waals surface area contributed by atoms with E-state index in [1.54, 1.807) is 18.6 Å². The molecular formula is C15H19Cl2N3O. The highest BCUT2D eigenvalue weighted by Gasteiger charge is 2.11. The van der Waals surface area contributed by atoms with Crippen molar-refractivity contribution in [3.8, 4) is 5.75 Å². The third-order valence-electron chi connectivity index (χ3n) is 3.11. The average Bonchev–Trinajstić information content (AvgIpc) is 2.83. The molecular weight excluding hydrogens is 309 g/mol. The standard InChI is InChI=1S/C15H19Cl2N3O/c1-3-4-18-7-11-5-12(16)6-14(17)15(11)21-9-13-8-19-10-20(13)2/h5-6,8,10,18H,3-4,7,9H2,1-2H3. The minimum atomic E-state index is 0.415. The van der Waals surface area contributed by atoms with Gasteiger partial charge in [-0.15, -0.1) is 0 Å². The number of imidazole rings is 1. The molecule has 1 heterocycles. The summed E-state index contributed by atoms with van der Waals surface area (Å²) in [6.07, 6.45) is 4.59. The van der Waals surface area contributed by atoms with E-state index in [4.69, 9.17) is 27.9 Å². The van der Waals surface area contributed by atoms with Crippen LogP contribution in [-0.2, 0) is 20.2 Å². The van der Waals surface area contributed by atoms with Gasteiger partial charge in [0.15, 0.2) is 0 Å². The van der Waals surface area contributed by atoms with Gasteiger partial charge >= 0.3 is 0 Å². The molecule has 2 rings (SSSR count). The normalized spacial score (nSPS) is 10.9. The Morgan fingerprint density at radius 2 is 2.14 bits per heavy atom. The second-order valence-corrected chi connectivity index (χ2v) is 5.68. The van der Waals surface area contributed by atoms with Gasteiger partial charge in [0.05, 0.1) is 23.2 Å². The van der Waals surface area contributed by atoms with Crippen LogP contribution in [0.25, 0.3) is 0 Å². The summed E-state index contributed by atoms with van der Waals surface area (Å²) in [6.45, 7) is 4.15. The quantitative estimate of drug-likeness (QED) is 0.786. The molecule has 114 valence electrons. The third kappa shape index (κ3) is 4.37. The van der Waals surface area contributed by atoms with Crippen LogP contribution in [0.1, 0.15) is 24.6 Å². The molecule has 0 saturated carbocycles. The maximum Gasteiger partial charge on any atom is 0.143 e. The number of ether oxygens (including phenoxy) is 1. The zero-order chi connectivity index (χ0) is 15.2. The Balaban J connectivity index is 2.14. The second-order valence-electron chi connectivity index (χ2n) is 4.84. The van der Waals surface area contributed by atoms with E-state index in [0.717, 1.165) is 24.2 Å². The van der Waals surface area contributed by atoms with Gasteiger partial charge in [-0.1, -0.05) is 30.1 Å². The van der Waals surface area contributed by atoms with E-state index >= 15 is 0 Å². The molecule has 0 saturated heterocycles. The first-order chi connectivity index (χ1) is 10.1. The second kappa shape index (κ2) is 7.69. The smallest absolute Gasteiger partial charge is 0.143 e. The van der Waals surface area contributed by atoms with Gasteiger partial charge < -0.3 is 14.6 Å². The molecule has 21 heavy (non-hydrogen) atoms. The largest absolute Gasteiger partial charge is 0.485 e. The lowest BCUT2D eigenvalue weighted by atomic mass is 10.2. The van der Waals surface area contributed by atoms with Gasteiger partial charge in [0.1, 0.15) is 12.4 Å². The first-order valence-corrected chi connectivity index (χ1v) is 7.64. The van der Waals surface area contributed by atoms with Crippen LogP contribution in [0, 0.1) is 0 Å². The first-order valence-electron chi connectivity index (χ1n) is 6.88. The molecule has 0 amide bonds. The number of hydrogen-bond donors (Lipinski definition) is 1. The molecule has 0 radical (unpaired) electrons. The Bertz CT molecular complexity index is 599.